The van der Waals surface area contributed by atoms with Crippen LogP contribution in [0.3, 0.4) is 0 Å². The predicted octanol–water partition coefficient (Wildman–Crippen LogP) is 4.75. The fraction of sp³-hybridized carbons (Fsp3) is 0.625. The number of ether oxygens (including phenoxy) is 1. The van der Waals surface area contributed by atoms with Crippen LogP contribution in [0, 0.1) is 12.8 Å². The highest BCUT2D eigenvalue weighted by Gasteiger charge is 2.19. The van der Waals surface area contributed by atoms with Crippen molar-refractivity contribution in [2.75, 3.05) is 12.4 Å². The van der Waals surface area contributed by atoms with Crippen LogP contribution in [0.1, 0.15) is 37.8 Å². The van der Waals surface area contributed by atoms with Crippen molar-refractivity contribution >= 4 is 15.9 Å². The second kappa shape index (κ2) is 7.30. The molecule has 0 aliphatic rings. The van der Waals surface area contributed by atoms with Gasteiger partial charge in [-0.05, 0) is 57.1 Å². The van der Waals surface area contributed by atoms with E-state index in [1.54, 1.807) is 7.11 Å². The molecule has 0 aliphatic heterocycles. The number of alkyl halides is 1. The summed E-state index contributed by atoms with van der Waals surface area (Å²) in [5.74, 6) is 0.681. The molecule has 1 unspecified atom stereocenters. The quantitative estimate of drug-likeness (QED) is 0.660. The van der Waals surface area contributed by atoms with E-state index in [0.29, 0.717) is 5.92 Å². The van der Waals surface area contributed by atoms with Crippen molar-refractivity contribution in [2.45, 2.75) is 45.6 Å². The van der Waals surface area contributed by atoms with E-state index in [1.807, 2.05) is 0 Å². The molecule has 0 spiro atoms. The Bertz CT molecular complexity index is 360. The molecule has 0 bridgehead atoms. The van der Waals surface area contributed by atoms with Gasteiger partial charge in [0, 0.05) is 12.4 Å². The summed E-state index contributed by atoms with van der Waals surface area (Å²) < 4.78 is 5.49. The molecule has 0 saturated carbocycles. The second-order valence-electron chi connectivity index (χ2n) is 5.65. The summed E-state index contributed by atoms with van der Waals surface area (Å²) in [6.07, 6.45) is 3.45. The maximum absolute atomic E-state index is 5.49. The summed E-state index contributed by atoms with van der Waals surface area (Å²) >= 11 is 3.65. The normalized spacial score (nSPS) is 13.6. The van der Waals surface area contributed by atoms with E-state index in [9.17, 15) is 0 Å². The molecule has 0 N–H and O–H groups in total. The number of halogens is 1. The Morgan fingerprint density at radius 1 is 1.28 bits per heavy atom. The molecule has 18 heavy (non-hydrogen) atoms. The van der Waals surface area contributed by atoms with Crippen LogP contribution in [0.25, 0.3) is 0 Å². The van der Waals surface area contributed by atoms with Crippen molar-refractivity contribution in [1.29, 1.82) is 0 Å². The molecule has 102 valence electrons. The van der Waals surface area contributed by atoms with Gasteiger partial charge < -0.3 is 4.74 Å². The number of rotatable bonds is 7. The first-order valence-electron chi connectivity index (χ1n) is 6.64. The van der Waals surface area contributed by atoms with Gasteiger partial charge in [0.15, 0.2) is 0 Å². The lowest BCUT2D eigenvalue weighted by Crippen LogP contribution is -2.24. The molecule has 1 aromatic carbocycles. The van der Waals surface area contributed by atoms with E-state index >= 15 is 0 Å². The van der Waals surface area contributed by atoms with Gasteiger partial charge in [0.25, 0.3) is 0 Å². The first-order valence-corrected chi connectivity index (χ1v) is 7.76. The highest BCUT2D eigenvalue weighted by Crippen LogP contribution is 2.24. The minimum absolute atomic E-state index is 0.00779. The zero-order chi connectivity index (χ0) is 13.6. The van der Waals surface area contributed by atoms with Crippen molar-refractivity contribution in [1.82, 2.24) is 0 Å². The van der Waals surface area contributed by atoms with Crippen LogP contribution in [0.15, 0.2) is 24.3 Å². The van der Waals surface area contributed by atoms with Gasteiger partial charge in [-0.1, -0.05) is 40.2 Å². The van der Waals surface area contributed by atoms with Crippen LogP contribution in [0.2, 0.25) is 0 Å². The Morgan fingerprint density at radius 3 is 2.50 bits per heavy atom. The number of hydrogen-bond donors (Lipinski definition) is 0. The Hall–Kier alpha value is -0.340. The lowest BCUT2D eigenvalue weighted by molar-refractivity contribution is 0.0110. The minimum atomic E-state index is -0.00779. The molecule has 1 rings (SSSR count). The average molecular weight is 313 g/mol. The summed E-state index contributed by atoms with van der Waals surface area (Å²) in [5.41, 5.74) is 2.86. The molecular weight excluding hydrogens is 288 g/mol. The van der Waals surface area contributed by atoms with E-state index in [2.05, 4.69) is 61.0 Å². The predicted molar refractivity (Wildman–Crippen MR) is 82.5 cm³/mol. The number of benzene rings is 1. The first-order chi connectivity index (χ1) is 8.48. The van der Waals surface area contributed by atoms with E-state index in [0.717, 1.165) is 18.2 Å². The van der Waals surface area contributed by atoms with Gasteiger partial charge in [-0.3, -0.25) is 0 Å². The summed E-state index contributed by atoms with van der Waals surface area (Å²) in [7, 11) is 1.80. The number of aryl methyl sites for hydroxylation is 1. The van der Waals surface area contributed by atoms with Gasteiger partial charge >= 0.3 is 0 Å². The van der Waals surface area contributed by atoms with Crippen molar-refractivity contribution in [3.63, 3.8) is 0 Å². The van der Waals surface area contributed by atoms with E-state index in [-0.39, 0.29) is 5.60 Å². The molecule has 0 aromatic heterocycles. The summed E-state index contributed by atoms with van der Waals surface area (Å²) in [6, 6.07) is 8.68. The molecule has 0 saturated heterocycles. The van der Waals surface area contributed by atoms with Gasteiger partial charge in [-0.2, -0.15) is 0 Å². The van der Waals surface area contributed by atoms with Crippen molar-refractivity contribution in [3.8, 4) is 0 Å². The second-order valence-corrected chi connectivity index (χ2v) is 6.30. The largest absolute Gasteiger partial charge is 0.379 e. The lowest BCUT2D eigenvalue weighted by atomic mass is 9.90. The van der Waals surface area contributed by atoms with Crippen LogP contribution in [0.5, 0.6) is 0 Å². The molecule has 1 nitrogen and oxygen atoms in total. The molecule has 2 heteroatoms. The Balaban J connectivity index is 2.55. The summed E-state index contributed by atoms with van der Waals surface area (Å²) in [4.78, 5) is 0. The third-order valence-corrected chi connectivity index (χ3v) is 4.61. The van der Waals surface area contributed by atoms with E-state index in [4.69, 9.17) is 4.74 Å². The fourth-order valence-electron chi connectivity index (χ4n) is 2.04. The molecule has 1 atom stereocenters. The van der Waals surface area contributed by atoms with Crippen LogP contribution in [-0.2, 0) is 11.2 Å². The Labute approximate surface area is 120 Å². The van der Waals surface area contributed by atoms with Crippen LogP contribution in [-0.4, -0.2) is 18.0 Å². The lowest BCUT2D eigenvalue weighted by Gasteiger charge is -2.25. The fourth-order valence-corrected chi connectivity index (χ4v) is 2.59. The topological polar surface area (TPSA) is 9.23 Å². The van der Waals surface area contributed by atoms with Crippen molar-refractivity contribution in [2.24, 2.45) is 5.92 Å². The molecule has 1 aromatic rings. The molecule has 0 radical (unpaired) electrons. The van der Waals surface area contributed by atoms with Gasteiger partial charge in [-0.15, -0.1) is 0 Å². The van der Waals surface area contributed by atoms with Crippen molar-refractivity contribution in [3.05, 3.63) is 35.4 Å². The Kier molecular flexibility index (Phi) is 6.37. The summed E-state index contributed by atoms with van der Waals surface area (Å²) in [5, 5.41) is 1.06. The highest BCUT2D eigenvalue weighted by atomic mass is 79.9. The zero-order valence-electron chi connectivity index (χ0n) is 12.0. The van der Waals surface area contributed by atoms with Gasteiger partial charge in [0.05, 0.1) is 5.60 Å². The van der Waals surface area contributed by atoms with E-state index < -0.39 is 0 Å². The molecule has 0 fully saturated rings. The smallest absolute Gasteiger partial charge is 0.0622 e. The zero-order valence-corrected chi connectivity index (χ0v) is 13.6. The number of methoxy groups -OCH3 is 1. The first kappa shape index (κ1) is 15.7. The SMILES string of the molecule is COC(C)(C)CCC(CBr)Cc1ccccc1C. The Morgan fingerprint density at radius 2 is 1.94 bits per heavy atom. The van der Waals surface area contributed by atoms with E-state index in [1.165, 1.54) is 17.5 Å². The van der Waals surface area contributed by atoms with Gasteiger partial charge in [0.1, 0.15) is 0 Å². The average Bonchev–Trinajstić information content (AvgIpc) is 2.36. The summed E-state index contributed by atoms with van der Waals surface area (Å²) in [6.45, 7) is 6.51. The minimum Gasteiger partial charge on any atom is -0.379 e. The van der Waals surface area contributed by atoms with Crippen LogP contribution >= 0.6 is 15.9 Å². The van der Waals surface area contributed by atoms with Crippen molar-refractivity contribution < 1.29 is 4.74 Å². The number of hydrogen-bond acceptors (Lipinski definition) is 1. The standard InChI is InChI=1S/C16H25BrO/c1-13-7-5-6-8-15(13)11-14(12-17)9-10-16(2,3)18-4/h5-8,14H,9-12H2,1-4H3. The van der Waals surface area contributed by atoms with Gasteiger partial charge in [0.2, 0.25) is 0 Å². The molecular formula is C16H25BrO. The molecule has 0 heterocycles. The monoisotopic (exact) mass is 312 g/mol. The molecule has 0 aliphatic carbocycles. The third-order valence-electron chi connectivity index (χ3n) is 3.70. The highest BCUT2D eigenvalue weighted by molar-refractivity contribution is 9.09. The maximum Gasteiger partial charge on any atom is 0.0622 e. The van der Waals surface area contributed by atoms with Crippen LogP contribution < -0.4 is 0 Å². The van der Waals surface area contributed by atoms with Crippen LogP contribution in [0.4, 0.5) is 0 Å². The third kappa shape index (κ3) is 5.11. The van der Waals surface area contributed by atoms with Gasteiger partial charge in [-0.25, -0.2) is 0 Å². The molecule has 0 amide bonds. The maximum atomic E-state index is 5.49.